The van der Waals surface area contributed by atoms with Gasteiger partial charge in [-0.15, -0.1) is 0 Å². The number of pyridine rings is 1. The van der Waals surface area contributed by atoms with E-state index < -0.39 is 5.82 Å². The van der Waals surface area contributed by atoms with E-state index in [2.05, 4.69) is 10.6 Å². The summed E-state index contributed by atoms with van der Waals surface area (Å²) in [6, 6.07) is 14.8. The average Bonchev–Trinajstić information content (AvgIpc) is 3.44. The van der Waals surface area contributed by atoms with E-state index in [0.717, 1.165) is 47.5 Å². The highest BCUT2D eigenvalue weighted by molar-refractivity contribution is 6.00. The minimum atomic E-state index is -0.424. The number of hydrogen-bond donors (Lipinski definition) is 1. The molecule has 3 aromatic heterocycles. The Morgan fingerprint density at radius 1 is 1.00 bits per heavy atom. The van der Waals surface area contributed by atoms with Gasteiger partial charge in [-0.2, -0.15) is 0 Å². The summed E-state index contributed by atoms with van der Waals surface area (Å²) in [5.74, 6) is 2.08. The van der Waals surface area contributed by atoms with Gasteiger partial charge in [-0.1, -0.05) is 0 Å². The number of amides is 1. The molecule has 10 heteroatoms. The van der Waals surface area contributed by atoms with Crippen molar-refractivity contribution in [2.45, 2.75) is 44.3 Å². The number of aryl methyl sites for hydroxylation is 1. The van der Waals surface area contributed by atoms with Crippen LogP contribution in [-0.2, 0) is 13.6 Å². The monoisotopic (exact) mass is 594 g/mol. The van der Waals surface area contributed by atoms with E-state index in [1.165, 1.54) is 26.0 Å². The molecule has 2 saturated carbocycles. The van der Waals surface area contributed by atoms with Crippen molar-refractivity contribution in [1.82, 2.24) is 24.0 Å². The fourth-order valence-corrected chi connectivity index (χ4v) is 7.31. The number of nitrogens with zero attached hydrogens (tertiary/aromatic N) is 5. The van der Waals surface area contributed by atoms with Crippen molar-refractivity contribution in [3.63, 3.8) is 0 Å². The van der Waals surface area contributed by atoms with Gasteiger partial charge in [0.15, 0.2) is 17.4 Å². The molecule has 2 N–H and O–H groups in total. The van der Waals surface area contributed by atoms with Crippen molar-refractivity contribution < 1.29 is 18.7 Å². The van der Waals surface area contributed by atoms with Crippen LogP contribution in [0.2, 0.25) is 0 Å². The molecule has 5 aromatic rings. The summed E-state index contributed by atoms with van der Waals surface area (Å²) < 4.78 is 29.8. The van der Waals surface area contributed by atoms with Crippen molar-refractivity contribution in [3.05, 3.63) is 59.9 Å². The van der Waals surface area contributed by atoms with E-state index in [4.69, 9.17) is 25.2 Å². The zero-order valence-corrected chi connectivity index (χ0v) is 25.1. The van der Waals surface area contributed by atoms with Crippen molar-refractivity contribution in [2.75, 3.05) is 20.8 Å². The zero-order chi connectivity index (χ0) is 30.3. The predicted octanol–water partition coefficient (Wildman–Crippen LogP) is 5.39. The highest BCUT2D eigenvalue weighted by Crippen LogP contribution is 2.40. The second-order valence-corrected chi connectivity index (χ2v) is 12.5. The minimum Gasteiger partial charge on any atom is -0.494 e. The van der Waals surface area contributed by atoms with Gasteiger partial charge in [0.2, 0.25) is 0 Å². The van der Waals surface area contributed by atoms with Crippen molar-refractivity contribution >= 4 is 28.0 Å². The first-order valence-electron chi connectivity index (χ1n) is 15.3. The fourth-order valence-electron chi connectivity index (χ4n) is 7.31. The number of piperidine rings is 1. The number of fused-ring (bicyclic) bond motifs is 4. The molecule has 8 rings (SSSR count). The topological polar surface area (TPSA) is 100 Å². The minimum absolute atomic E-state index is 0.0189. The number of hydrogen-bond acceptors (Lipinski definition) is 6. The number of carbonyl (C=O) groups excluding carboxylic acids is 1. The second-order valence-electron chi connectivity index (χ2n) is 12.5. The number of benzene rings is 2. The lowest BCUT2D eigenvalue weighted by Crippen LogP contribution is -2.41. The summed E-state index contributed by atoms with van der Waals surface area (Å²) in [5, 5.41) is 0.980. The zero-order valence-electron chi connectivity index (χ0n) is 25.1. The summed E-state index contributed by atoms with van der Waals surface area (Å²) in [5.41, 5.74) is 11.6. The van der Waals surface area contributed by atoms with Crippen LogP contribution in [0.4, 0.5) is 4.39 Å². The molecule has 0 spiro atoms. The molecule has 3 aliphatic rings. The number of imidazole rings is 1. The summed E-state index contributed by atoms with van der Waals surface area (Å²) in [7, 11) is 5.06. The smallest absolute Gasteiger partial charge is 0.254 e. The van der Waals surface area contributed by atoms with Crippen LogP contribution in [0.1, 0.15) is 36.0 Å². The Hall–Kier alpha value is -4.44. The molecule has 2 bridgehead atoms. The number of rotatable bonds is 7. The van der Waals surface area contributed by atoms with E-state index in [0.29, 0.717) is 46.5 Å². The lowest BCUT2D eigenvalue weighted by Gasteiger charge is -2.27. The quantitative estimate of drug-likeness (QED) is 0.272. The maximum atomic E-state index is 14.6. The molecular weight excluding hydrogens is 559 g/mol. The molecule has 44 heavy (non-hydrogen) atoms. The van der Waals surface area contributed by atoms with Crippen LogP contribution in [0.3, 0.4) is 0 Å². The van der Waals surface area contributed by atoms with Crippen molar-refractivity contribution in [1.29, 1.82) is 0 Å². The summed E-state index contributed by atoms with van der Waals surface area (Å²) >= 11 is 0. The van der Waals surface area contributed by atoms with Gasteiger partial charge in [0, 0.05) is 48.7 Å². The Morgan fingerprint density at radius 2 is 1.82 bits per heavy atom. The van der Waals surface area contributed by atoms with Gasteiger partial charge in [-0.3, -0.25) is 4.79 Å². The molecule has 3 atom stereocenters. The Morgan fingerprint density at radius 3 is 2.50 bits per heavy atom. The lowest BCUT2D eigenvalue weighted by atomic mass is 10.1. The standard InChI is InChI=1S/C34H35FN6O3/c1-39-31-25(13-22(15-29(31)44-3)34(42)41-17-21-7-10-26(41)30(21)36)38-33(39)27-14-20-6-9-24(19-8-11-28(43-2)23(35)12-19)37-32(20)40(27)16-18-4-5-18/h6,8-9,11-15,18,21,26,30H,4-5,7,10,16-17,36H2,1-3H3/t21?,26?,30-/m1/s1. The number of methoxy groups -OCH3 is 2. The number of aromatic nitrogens is 4. The van der Waals surface area contributed by atoms with Gasteiger partial charge in [-0.25, -0.2) is 14.4 Å². The van der Waals surface area contributed by atoms with Crippen molar-refractivity contribution in [2.24, 2.45) is 24.6 Å². The number of halogens is 1. The maximum Gasteiger partial charge on any atom is 0.254 e. The third kappa shape index (κ3) is 4.18. The molecule has 2 unspecified atom stereocenters. The van der Waals surface area contributed by atoms with Crippen LogP contribution >= 0.6 is 0 Å². The molecule has 9 nitrogen and oxygen atoms in total. The fraction of sp³-hybridized carbons (Fsp3) is 0.382. The third-order valence-electron chi connectivity index (χ3n) is 9.87. The van der Waals surface area contributed by atoms with Gasteiger partial charge >= 0.3 is 0 Å². The molecule has 1 saturated heterocycles. The maximum absolute atomic E-state index is 14.6. The highest BCUT2D eigenvalue weighted by atomic mass is 19.1. The number of nitrogens with two attached hydrogens (primary N) is 1. The Balaban J connectivity index is 1.23. The number of ether oxygens (including phenoxy) is 2. The summed E-state index contributed by atoms with van der Waals surface area (Å²) in [6.07, 6.45) is 4.39. The first-order chi connectivity index (χ1) is 21.3. The van der Waals surface area contributed by atoms with Crippen molar-refractivity contribution in [3.8, 4) is 34.3 Å². The molecule has 1 amide bonds. The molecule has 4 heterocycles. The van der Waals surface area contributed by atoms with Crippen LogP contribution in [0.25, 0.3) is 44.8 Å². The molecule has 226 valence electrons. The van der Waals surface area contributed by atoms with Gasteiger partial charge in [0.05, 0.1) is 31.1 Å². The Kier molecular flexibility index (Phi) is 6.20. The molecule has 2 aromatic carbocycles. The van der Waals surface area contributed by atoms with Crippen LogP contribution in [0.15, 0.2) is 48.5 Å². The van der Waals surface area contributed by atoms with Crippen LogP contribution < -0.4 is 15.2 Å². The van der Waals surface area contributed by atoms with Gasteiger partial charge in [0.25, 0.3) is 5.91 Å². The largest absolute Gasteiger partial charge is 0.494 e. The normalized spacial score (nSPS) is 21.1. The van der Waals surface area contributed by atoms with Gasteiger partial charge in [0.1, 0.15) is 16.9 Å². The third-order valence-corrected chi connectivity index (χ3v) is 9.87. The second kappa shape index (κ2) is 10.1. The molecule has 3 fully saturated rings. The van der Waals surface area contributed by atoms with E-state index in [1.807, 2.05) is 46.8 Å². The lowest BCUT2D eigenvalue weighted by molar-refractivity contribution is 0.0700. The Labute approximate surface area is 254 Å². The first kappa shape index (κ1) is 27.1. The summed E-state index contributed by atoms with van der Waals surface area (Å²) in [6.45, 7) is 1.52. The molecular formula is C34H35FN6O3. The average molecular weight is 595 g/mol. The van der Waals surface area contributed by atoms with Gasteiger partial charge < -0.3 is 29.2 Å². The molecule has 2 aliphatic carbocycles. The van der Waals surface area contributed by atoms with Crippen LogP contribution in [0, 0.1) is 17.7 Å². The van der Waals surface area contributed by atoms with Gasteiger partial charge in [-0.05, 0) is 86.1 Å². The predicted molar refractivity (Wildman–Crippen MR) is 166 cm³/mol. The van der Waals surface area contributed by atoms with E-state index in [1.54, 1.807) is 13.2 Å². The Bertz CT molecular complexity index is 1960. The number of carbonyl (C=O) groups is 1. The highest BCUT2D eigenvalue weighted by Gasteiger charge is 2.47. The number of likely N-dealkylation sites (tertiary alicyclic amines) is 1. The molecule has 1 aliphatic heterocycles. The van der Waals surface area contributed by atoms with E-state index in [-0.39, 0.29) is 23.7 Å². The van der Waals surface area contributed by atoms with E-state index >= 15 is 0 Å². The SMILES string of the molecule is COc1ccc(-c2ccc3cc(-c4nc5cc(C(=O)N6CC7CCC6[C@@H]7N)cc(OC)c5n4C)n(CC4CC4)c3n2)cc1F. The van der Waals surface area contributed by atoms with Crippen LogP contribution in [-0.4, -0.2) is 62.8 Å². The van der Waals surface area contributed by atoms with E-state index in [9.17, 15) is 9.18 Å². The molecule has 0 radical (unpaired) electrons. The first-order valence-corrected chi connectivity index (χ1v) is 15.3. The summed E-state index contributed by atoms with van der Waals surface area (Å²) in [4.78, 5) is 25.8. The van der Waals surface area contributed by atoms with Crippen LogP contribution in [0.5, 0.6) is 11.5 Å².